The number of aldehydes is 1. The van der Waals surface area contributed by atoms with Crippen LogP contribution in [0.15, 0.2) is 18.2 Å². The van der Waals surface area contributed by atoms with Crippen LogP contribution in [0.4, 0.5) is 5.69 Å². The van der Waals surface area contributed by atoms with E-state index >= 15 is 0 Å². The number of hydrogen-bond acceptors (Lipinski definition) is 5. The highest BCUT2D eigenvalue weighted by molar-refractivity contribution is 5.75. The lowest BCUT2D eigenvalue weighted by atomic mass is 10.1. The Labute approximate surface area is 97.6 Å². The molecule has 6 nitrogen and oxygen atoms in total. The summed E-state index contributed by atoms with van der Waals surface area (Å²) in [4.78, 5) is 20.5. The Morgan fingerprint density at radius 3 is 2.47 bits per heavy atom. The molecule has 0 radical (unpaired) electrons. The van der Waals surface area contributed by atoms with Gasteiger partial charge in [0.25, 0.3) is 0 Å². The monoisotopic (exact) mass is 237 g/mol. The maximum Gasteiger partial charge on any atom is 0.315 e. The summed E-state index contributed by atoms with van der Waals surface area (Å²) in [5.41, 5.74) is 0.277. The second-order valence-corrected chi connectivity index (χ2v) is 3.03. The van der Waals surface area contributed by atoms with E-state index in [4.69, 9.17) is 9.47 Å². The molecule has 1 aromatic carbocycles. The normalized spacial score (nSPS) is 10.2. The van der Waals surface area contributed by atoms with Crippen LogP contribution < -0.4 is 9.47 Å². The Morgan fingerprint density at radius 2 is 2.00 bits per heavy atom. The van der Waals surface area contributed by atoms with Crippen molar-refractivity contribution < 1.29 is 19.2 Å². The highest BCUT2D eigenvalue weighted by atomic mass is 16.6. The van der Waals surface area contributed by atoms with Gasteiger partial charge in [-0.15, -0.1) is 0 Å². The zero-order valence-electron chi connectivity index (χ0n) is 9.38. The summed E-state index contributed by atoms with van der Waals surface area (Å²) in [5, 5.41) is 10.9. The highest BCUT2D eigenvalue weighted by Crippen LogP contribution is 2.38. The first-order valence-electron chi connectivity index (χ1n) is 4.66. The minimum Gasteiger partial charge on any atom is -0.493 e. The van der Waals surface area contributed by atoms with Gasteiger partial charge in [-0.2, -0.15) is 0 Å². The predicted molar refractivity (Wildman–Crippen MR) is 61.3 cm³/mol. The quantitative estimate of drug-likeness (QED) is 0.338. The van der Waals surface area contributed by atoms with Gasteiger partial charge in [0.1, 0.15) is 6.29 Å². The summed E-state index contributed by atoms with van der Waals surface area (Å²) in [5.74, 6) is 0.299. The van der Waals surface area contributed by atoms with Gasteiger partial charge in [-0.05, 0) is 17.7 Å². The van der Waals surface area contributed by atoms with E-state index in [0.29, 0.717) is 11.8 Å². The van der Waals surface area contributed by atoms with E-state index in [1.54, 1.807) is 6.07 Å². The van der Waals surface area contributed by atoms with Gasteiger partial charge in [0.2, 0.25) is 5.75 Å². The molecule has 0 atom stereocenters. The van der Waals surface area contributed by atoms with Gasteiger partial charge in [0, 0.05) is 6.07 Å². The first kappa shape index (κ1) is 12.7. The molecule has 0 aromatic heterocycles. The van der Waals surface area contributed by atoms with E-state index in [9.17, 15) is 14.9 Å². The molecule has 6 heteroatoms. The van der Waals surface area contributed by atoms with Crippen LogP contribution >= 0.6 is 0 Å². The van der Waals surface area contributed by atoms with Crippen molar-refractivity contribution in [1.29, 1.82) is 0 Å². The molecule has 90 valence electrons. The molecule has 0 saturated heterocycles. The van der Waals surface area contributed by atoms with Gasteiger partial charge < -0.3 is 9.47 Å². The van der Waals surface area contributed by atoms with E-state index in [-0.39, 0.29) is 17.2 Å². The summed E-state index contributed by atoms with van der Waals surface area (Å²) in [6.07, 6.45) is 3.27. The number of nitrogens with zero attached hydrogens (tertiary/aromatic N) is 1. The molecular weight excluding hydrogens is 226 g/mol. The molecule has 0 aliphatic heterocycles. The van der Waals surface area contributed by atoms with Gasteiger partial charge in [-0.3, -0.25) is 14.9 Å². The van der Waals surface area contributed by atoms with E-state index < -0.39 is 4.92 Å². The van der Waals surface area contributed by atoms with Crippen LogP contribution in [0.25, 0.3) is 6.08 Å². The molecule has 0 amide bonds. The fourth-order valence-electron chi connectivity index (χ4n) is 1.35. The van der Waals surface area contributed by atoms with Crippen LogP contribution in [-0.2, 0) is 4.79 Å². The molecule has 0 spiro atoms. The van der Waals surface area contributed by atoms with Crippen molar-refractivity contribution in [1.82, 2.24) is 0 Å². The standard InChI is InChI=1S/C11H11NO5/c1-16-10-7-8(4-3-5-13)6-9(12(14)15)11(10)17-2/h3-7H,1-2H3/b4-3+. The van der Waals surface area contributed by atoms with Crippen molar-refractivity contribution in [3.63, 3.8) is 0 Å². The summed E-state index contributed by atoms with van der Waals surface area (Å²) in [7, 11) is 2.71. The molecule has 0 N–H and O–H groups in total. The Hall–Kier alpha value is -2.37. The Balaban J connectivity index is 3.39. The minimum atomic E-state index is -0.570. The molecule has 0 unspecified atom stereocenters. The van der Waals surface area contributed by atoms with E-state index in [0.717, 1.165) is 0 Å². The zero-order chi connectivity index (χ0) is 12.8. The van der Waals surface area contributed by atoms with Gasteiger partial charge in [0.05, 0.1) is 19.1 Å². The summed E-state index contributed by atoms with van der Waals surface area (Å²) in [6.45, 7) is 0. The maximum atomic E-state index is 10.9. The molecule has 0 heterocycles. The predicted octanol–water partition coefficient (Wildman–Crippen LogP) is 1.82. The number of allylic oxidation sites excluding steroid dienone is 1. The van der Waals surface area contributed by atoms with Gasteiger partial charge >= 0.3 is 5.69 Å². The number of methoxy groups -OCH3 is 2. The number of nitro benzene ring substituents is 1. The van der Waals surface area contributed by atoms with Crippen LogP contribution in [-0.4, -0.2) is 25.4 Å². The lowest BCUT2D eigenvalue weighted by Crippen LogP contribution is -1.97. The lowest BCUT2D eigenvalue weighted by Gasteiger charge is -2.08. The number of rotatable bonds is 5. The Morgan fingerprint density at radius 1 is 1.29 bits per heavy atom. The minimum absolute atomic E-state index is 0.0563. The van der Waals surface area contributed by atoms with Crippen molar-refractivity contribution in [2.75, 3.05) is 14.2 Å². The molecular formula is C11H11NO5. The summed E-state index contributed by atoms with van der Waals surface area (Å²) in [6, 6.07) is 2.85. The summed E-state index contributed by atoms with van der Waals surface area (Å²) < 4.78 is 9.92. The molecule has 0 aliphatic carbocycles. The van der Waals surface area contributed by atoms with Crippen LogP contribution in [0.2, 0.25) is 0 Å². The lowest BCUT2D eigenvalue weighted by molar-refractivity contribution is -0.385. The van der Waals surface area contributed by atoms with Crippen molar-refractivity contribution in [3.8, 4) is 11.5 Å². The molecule has 0 aliphatic rings. The molecule has 17 heavy (non-hydrogen) atoms. The first-order chi connectivity index (χ1) is 8.13. The Bertz CT molecular complexity index is 467. The second kappa shape index (κ2) is 5.64. The second-order valence-electron chi connectivity index (χ2n) is 3.03. The average Bonchev–Trinajstić information content (AvgIpc) is 2.34. The SMILES string of the molecule is COc1cc(/C=C/C=O)cc([N+](=O)[O-])c1OC. The maximum absolute atomic E-state index is 10.9. The van der Waals surface area contributed by atoms with Crippen molar-refractivity contribution >= 4 is 18.0 Å². The number of benzene rings is 1. The van der Waals surface area contributed by atoms with Crippen molar-refractivity contribution in [2.45, 2.75) is 0 Å². The molecule has 1 rings (SSSR count). The third-order valence-corrected chi connectivity index (χ3v) is 2.05. The topological polar surface area (TPSA) is 78.7 Å². The number of nitro groups is 1. The first-order valence-corrected chi connectivity index (χ1v) is 4.66. The number of ether oxygens (including phenoxy) is 2. The van der Waals surface area contributed by atoms with Crippen LogP contribution in [0.5, 0.6) is 11.5 Å². The van der Waals surface area contributed by atoms with Gasteiger partial charge in [0.15, 0.2) is 5.75 Å². The molecule has 1 aromatic rings. The number of carbonyl (C=O) groups is 1. The van der Waals surface area contributed by atoms with Gasteiger partial charge in [-0.1, -0.05) is 6.08 Å². The molecule has 0 bridgehead atoms. The van der Waals surface area contributed by atoms with E-state index in [1.165, 1.54) is 32.4 Å². The average molecular weight is 237 g/mol. The van der Waals surface area contributed by atoms with Crippen LogP contribution in [0, 0.1) is 10.1 Å². The number of carbonyl (C=O) groups excluding carboxylic acids is 1. The van der Waals surface area contributed by atoms with Crippen molar-refractivity contribution in [3.05, 3.63) is 33.9 Å². The van der Waals surface area contributed by atoms with Crippen LogP contribution in [0.3, 0.4) is 0 Å². The van der Waals surface area contributed by atoms with Crippen molar-refractivity contribution in [2.24, 2.45) is 0 Å². The fourth-order valence-corrected chi connectivity index (χ4v) is 1.35. The third-order valence-electron chi connectivity index (χ3n) is 2.05. The highest BCUT2D eigenvalue weighted by Gasteiger charge is 2.20. The number of hydrogen-bond donors (Lipinski definition) is 0. The van der Waals surface area contributed by atoms with Crippen LogP contribution in [0.1, 0.15) is 5.56 Å². The van der Waals surface area contributed by atoms with E-state index in [2.05, 4.69) is 0 Å². The zero-order valence-corrected chi connectivity index (χ0v) is 9.38. The van der Waals surface area contributed by atoms with Gasteiger partial charge in [-0.25, -0.2) is 0 Å². The third kappa shape index (κ3) is 2.81. The Kier molecular flexibility index (Phi) is 4.21. The smallest absolute Gasteiger partial charge is 0.315 e. The molecule has 0 fully saturated rings. The largest absolute Gasteiger partial charge is 0.493 e. The molecule has 0 saturated carbocycles. The van der Waals surface area contributed by atoms with E-state index in [1.807, 2.05) is 0 Å². The fraction of sp³-hybridized carbons (Fsp3) is 0.182. The summed E-state index contributed by atoms with van der Waals surface area (Å²) >= 11 is 0.